The van der Waals surface area contributed by atoms with Gasteiger partial charge in [-0.05, 0) is 25.3 Å². The van der Waals surface area contributed by atoms with Crippen LogP contribution in [0, 0.1) is 0 Å². The summed E-state index contributed by atoms with van der Waals surface area (Å²) in [6.07, 6.45) is 5.46. The molecular formula is C12H15N3O2S. The van der Waals surface area contributed by atoms with Crippen molar-refractivity contribution in [2.75, 3.05) is 6.54 Å². The van der Waals surface area contributed by atoms with Crippen LogP contribution in [0.2, 0.25) is 0 Å². The maximum atomic E-state index is 12.4. The minimum Gasteiger partial charge on any atom is -0.505 e. The van der Waals surface area contributed by atoms with Gasteiger partial charge in [-0.15, -0.1) is 0 Å². The van der Waals surface area contributed by atoms with Gasteiger partial charge in [-0.25, -0.2) is 0 Å². The third kappa shape index (κ3) is 2.43. The Kier molecular flexibility index (Phi) is 3.76. The molecule has 0 spiro atoms. The van der Waals surface area contributed by atoms with Gasteiger partial charge < -0.3 is 15.7 Å². The summed E-state index contributed by atoms with van der Waals surface area (Å²) in [4.78, 5) is 18.1. The summed E-state index contributed by atoms with van der Waals surface area (Å²) < 4.78 is 0. The second kappa shape index (κ2) is 5.30. The number of nitrogens with two attached hydrogens (primary N) is 1. The Balaban J connectivity index is 2.27. The van der Waals surface area contributed by atoms with Crippen molar-refractivity contribution in [2.24, 2.45) is 5.73 Å². The summed E-state index contributed by atoms with van der Waals surface area (Å²) in [5.74, 6) is -0.359. The quantitative estimate of drug-likeness (QED) is 0.782. The van der Waals surface area contributed by atoms with Crippen molar-refractivity contribution >= 4 is 23.1 Å². The van der Waals surface area contributed by atoms with Gasteiger partial charge in [0.05, 0.1) is 22.8 Å². The Morgan fingerprint density at radius 2 is 2.33 bits per heavy atom. The van der Waals surface area contributed by atoms with Crippen LogP contribution in [-0.4, -0.2) is 38.5 Å². The molecule has 0 bridgehead atoms. The van der Waals surface area contributed by atoms with Crippen molar-refractivity contribution < 1.29 is 9.90 Å². The van der Waals surface area contributed by atoms with Crippen molar-refractivity contribution in [1.82, 2.24) is 9.88 Å². The molecule has 18 heavy (non-hydrogen) atoms. The molecule has 1 amide bonds. The highest BCUT2D eigenvalue weighted by molar-refractivity contribution is 7.80. The lowest BCUT2D eigenvalue weighted by Crippen LogP contribution is -2.49. The van der Waals surface area contributed by atoms with E-state index in [0.29, 0.717) is 11.5 Å². The maximum absolute atomic E-state index is 12.4. The molecule has 1 aliphatic rings. The first kappa shape index (κ1) is 12.8. The van der Waals surface area contributed by atoms with Crippen LogP contribution in [-0.2, 0) is 0 Å². The number of amides is 1. The molecule has 1 atom stereocenters. The van der Waals surface area contributed by atoms with Crippen LogP contribution in [0.5, 0.6) is 5.75 Å². The van der Waals surface area contributed by atoms with Crippen LogP contribution in [0.25, 0.3) is 0 Å². The number of thiocarbonyl (C=S) groups is 1. The molecule has 1 fully saturated rings. The van der Waals surface area contributed by atoms with E-state index in [1.54, 1.807) is 4.90 Å². The van der Waals surface area contributed by atoms with E-state index in [2.05, 4.69) is 4.98 Å². The van der Waals surface area contributed by atoms with Gasteiger partial charge in [0.25, 0.3) is 5.91 Å². The predicted octanol–water partition coefficient (Wildman–Crippen LogP) is 1.07. The first-order valence-electron chi connectivity index (χ1n) is 5.84. The molecule has 1 aromatic rings. The van der Waals surface area contributed by atoms with Crippen LogP contribution in [0.15, 0.2) is 18.5 Å². The molecule has 0 radical (unpaired) electrons. The summed E-state index contributed by atoms with van der Waals surface area (Å²) in [6.45, 7) is 0.614. The monoisotopic (exact) mass is 265 g/mol. The number of nitrogens with zero attached hydrogens (tertiary/aromatic N) is 2. The van der Waals surface area contributed by atoms with Gasteiger partial charge in [-0.2, -0.15) is 0 Å². The highest BCUT2D eigenvalue weighted by Gasteiger charge is 2.30. The second-order valence-corrected chi connectivity index (χ2v) is 4.78. The minimum atomic E-state index is -0.243. The molecule has 3 N–H and O–H groups in total. The fourth-order valence-corrected chi connectivity index (χ4v) is 2.44. The lowest BCUT2D eigenvalue weighted by molar-refractivity contribution is 0.0678. The zero-order valence-corrected chi connectivity index (χ0v) is 10.7. The number of carbonyl (C=O) groups is 1. The standard InChI is InChI=1S/C12H15N3O2S/c13-11(18)9-3-1-2-6-15(9)12(17)8-4-5-14-7-10(8)16/h4-5,7,9,16H,1-3,6H2,(H2,13,18). The van der Waals surface area contributed by atoms with Crippen molar-refractivity contribution in [3.63, 3.8) is 0 Å². The van der Waals surface area contributed by atoms with E-state index in [-0.39, 0.29) is 23.3 Å². The molecule has 2 heterocycles. The molecule has 96 valence electrons. The number of aromatic hydroxyl groups is 1. The SMILES string of the molecule is NC(=S)C1CCCCN1C(=O)c1ccncc1O. The molecule has 1 aliphatic heterocycles. The van der Waals surface area contributed by atoms with Gasteiger partial charge in [0, 0.05) is 12.7 Å². The van der Waals surface area contributed by atoms with E-state index in [0.717, 1.165) is 19.3 Å². The van der Waals surface area contributed by atoms with E-state index >= 15 is 0 Å². The average Bonchev–Trinajstić information content (AvgIpc) is 2.38. The molecule has 0 saturated carbocycles. The first-order valence-corrected chi connectivity index (χ1v) is 6.25. The highest BCUT2D eigenvalue weighted by Crippen LogP contribution is 2.23. The molecule has 0 aliphatic carbocycles. The lowest BCUT2D eigenvalue weighted by atomic mass is 10.0. The third-order valence-corrected chi connectivity index (χ3v) is 3.39. The van der Waals surface area contributed by atoms with E-state index in [9.17, 15) is 9.90 Å². The van der Waals surface area contributed by atoms with Gasteiger partial charge in [0.15, 0.2) is 0 Å². The van der Waals surface area contributed by atoms with Crippen LogP contribution in [0.3, 0.4) is 0 Å². The number of hydrogen-bond acceptors (Lipinski definition) is 4. The fourth-order valence-electron chi connectivity index (χ4n) is 2.19. The Labute approximate surface area is 111 Å². The van der Waals surface area contributed by atoms with E-state index in [1.165, 1.54) is 18.5 Å². The summed E-state index contributed by atoms with van der Waals surface area (Å²) in [7, 11) is 0. The first-order chi connectivity index (χ1) is 8.61. The van der Waals surface area contributed by atoms with Gasteiger partial charge >= 0.3 is 0 Å². The number of piperidine rings is 1. The van der Waals surface area contributed by atoms with Crippen LogP contribution in [0.4, 0.5) is 0 Å². The number of carbonyl (C=O) groups excluding carboxylic acids is 1. The molecule has 1 aromatic heterocycles. The molecule has 5 nitrogen and oxygen atoms in total. The smallest absolute Gasteiger partial charge is 0.258 e. The molecular weight excluding hydrogens is 250 g/mol. The van der Waals surface area contributed by atoms with Gasteiger partial charge in [-0.3, -0.25) is 9.78 Å². The Hall–Kier alpha value is -1.69. The van der Waals surface area contributed by atoms with Gasteiger partial charge in [0.1, 0.15) is 5.75 Å². The van der Waals surface area contributed by atoms with Crippen LogP contribution in [0.1, 0.15) is 29.6 Å². The summed E-state index contributed by atoms with van der Waals surface area (Å²) in [5.41, 5.74) is 5.92. The molecule has 1 unspecified atom stereocenters. The number of aromatic nitrogens is 1. The van der Waals surface area contributed by atoms with E-state index < -0.39 is 0 Å². The second-order valence-electron chi connectivity index (χ2n) is 4.31. The number of hydrogen-bond donors (Lipinski definition) is 2. The highest BCUT2D eigenvalue weighted by atomic mass is 32.1. The third-order valence-electron chi connectivity index (χ3n) is 3.12. The molecule has 2 rings (SSSR count). The predicted molar refractivity (Wildman–Crippen MR) is 71.4 cm³/mol. The summed E-state index contributed by atoms with van der Waals surface area (Å²) in [6, 6.07) is 1.29. The Morgan fingerprint density at radius 1 is 1.56 bits per heavy atom. The van der Waals surface area contributed by atoms with Gasteiger partial charge in [-0.1, -0.05) is 12.2 Å². The zero-order chi connectivity index (χ0) is 13.1. The van der Waals surface area contributed by atoms with Crippen LogP contribution >= 0.6 is 12.2 Å². The molecule has 6 heteroatoms. The Bertz CT molecular complexity index is 478. The summed E-state index contributed by atoms with van der Waals surface area (Å²) in [5, 5.41) is 9.66. The van der Waals surface area contributed by atoms with E-state index in [4.69, 9.17) is 18.0 Å². The van der Waals surface area contributed by atoms with Crippen LogP contribution < -0.4 is 5.73 Å². The number of likely N-dealkylation sites (tertiary alicyclic amines) is 1. The van der Waals surface area contributed by atoms with E-state index in [1.807, 2.05) is 0 Å². The number of pyridine rings is 1. The average molecular weight is 265 g/mol. The lowest BCUT2D eigenvalue weighted by Gasteiger charge is -2.35. The van der Waals surface area contributed by atoms with Crippen molar-refractivity contribution in [1.29, 1.82) is 0 Å². The van der Waals surface area contributed by atoms with Crippen molar-refractivity contribution in [3.05, 3.63) is 24.0 Å². The minimum absolute atomic E-state index is 0.116. The zero-order valence-electron chi connectivity index (χ0n) is 9.87. The molecule has 1 saturated heterocycles. The summed E-state index contributed by atoms with van der Waals surface area (Å²) >= 11 is 5.00. The van der Waals surface area contributed by atoms with Gasteiger partial charge in [0.2, 0.25) is 0 Å². The maximum Gasteiger partial charge on any atom is 0.258 e. The Morgan fingerprint density at radius 3 is 3.00 bits per heavy atom. The van der Waals surface area contributed by atoms with Crippen molar-refractivity contribution in [2.45, 2.75) is 25.3 Å². The fraction of sp³-hybridized carbons (Fsp3) is 0.417. The molecule has 0 aromatic carbocycles. The largest absolute Gasteiger partial charge is 0.505 e. The number of rotatable bonds is 2. The topological polar surface area (TPSA) is 79.5 Å². The normalized spacial score (nSPS) is 19.6. The van der Waals surface area contributed by atoms with Crippen molar-refractivity contribution in [3.8, 4) is 5.75 Å².